The average molecular weight is 258 g/mol. The van der Waals surface area contributed by atoms with Gasteiger partial charge in [-0.05, 0) is 24.3 Å². The standard InChI is InChI=1S/C16H10N4/c1-2-5-11(6-3-1)16-18-15-12-7-4-10-17-13(12)8-9-14(15)19-20-16/h1-10H. The highest BCUT2D eigenvalue weighted by Crippen LogP contribution is 2.22. The SMILES string of the molecule is c1ccc(-c2nnc3ccc4ncccc4c3n2)cc1. The van der Waals surface area contributed by atoms with Gasteiger partial charge in [-0.25, -0.2) is 4.98 Å². The normalized spacial score (nSPS) is 11.0. The van der Waals surface area contributed by atoms with Crippen molar-refractivity contribution in [3.63, 3.8) is 0 Å². The van der Waals surface area contributed by atoms with Crippen molar-refractivity contribution >= 4 is 21.9 Å². The molecule has 0 fully saturated rings. The number of hydrogen-bond acceptors (Lipinski definition) is 4. The minimum absolute atomic E-state index is 0.634. The summed E-state index contributed by atoms with van der Waals surface area (Å²) in [6.45, 7) is 0. The third-order valence-electron chi connectivity index (χ3n) is 3.24. The molecule has 0 aliphatic rings. The van der Waals surface area contributed by atoms with E-state index in [1.165, 1.54) is 0 Å². The quantitative estimate of drug-likeness (QED) is 0.492. The van der Waals surface area contributed by atoms with Crippen LogP contribution in [0.5, 0.6) is 0 Å². The number of hydrogen-bond donors (Lipinski definition) is 0. The van der Waals surface area contributed by atoms with Gasteiger partial charge in [0.1, 0.15) is 11.0 Å². The molecule has 4 nitrogen and oxygen atoms in total. The first-order valence-corrected chi connectivity index (χ1v) is 6.35. The third-order valence-corrected chi connectivity index (χ3v) is 3.24. The summed E-state index contributed by atoms with van der Waals surface area (Å²) in [4.78, 5) is 9.01. The Hall–Kier alpha value is -2.88. The third kappa shape index (κ3) is 1.70. The zero-order valence-electron chi connectivity index (χ0n) is 10.6. The first-order chi connectivity index (χ1) is 9.92. The number of pyridine rings is 1. The van der Waals surface area contributed by atoms with Gasteiger partial charge in [-0.1, -0.05) is 30.3 Å². The van der Waals surface area contributed by atoms with E-state index in [-0.39, 0.29) is 0 Å². The molecule has 0 bridgehead atoms. The van der Waals surface area contributed by atoms with Gasteiger partial charge < -0.3 is 0 Å². The van der Waals surface area contributed by atoms with Crippen molar-refractivity contribution in [2.75, 3.05) is 0 Å². The van der Waals surface area contributed by atoms with E-state index in [0.717, 1.165) is 27.5 Å². The van der Waals surface area contributed by atoms with Crippen LogP contribution in [0.3, 0.4) is 0 Å². The molecule has 0 N–H and O–H groups in total. The van der Waals surface area contributed by atoms with Crippen LogP contribution in [0.2, 0.25) is 0 Å². The molecule has 0 aliphatic carbocycles. The minimum atomic E-state index is 0.634. The molecule has 0 saturated heterocycles. The molecule has 0 amide bonds. The van der Waals surface area contributed by atoms with Crippen molar-refractivity contribution in [2.45, 2.75) is 0 Å². The van der Waals surface area contributed by atoms with Crippen LogP contribution in [0.1, 0.15) is 0 Å². The monoisotopic (exact) mass is 258 g/mol. The molecule has 0 aliphatic heterocycles. The van der Waals surface area contributed by atoms with Gasteiger partial charge in [0.15, 0.2) is 5.82 Å². The number of fused-ring (bicyclic) bond motifs is 3. The summed E-state index contributed by atoms with van der Waals surface area (Å²) in [5, 5.41) is 9.47. The van der Waals surface area contributed by atoms with E-state index in [1.807, 2.05) is 54.6 Å². The van der Waals surface area contributed by atoms with Crippen molar-refractivity contribution < 1.29 is 0 Å². The highest BCUT2D eigenvalue weighted by Gasteiger charge is 2.07. The summed E-state index contributed by atoms with van der Waals surface area (Å²) in [7, 11) is 0. The van der Waals surface area contributed by atoms with Gasteiger partial charge in [-0.2, -0.15) is 0 Å². The predicted molar refractivity (Wildman–Crippen MR) is 78.1 cm³/mol. The van der Waals surface area contributed by atoms with Crippen molar-refractivity contribution in [2.24, 2.45) is 0 Å². The van der Waals surface area contributed by atoms with E-state index in [0.29, 0.717) is 5.82 Å². The maximum absolute atomic E-state index is 4.66. The van der Waals surface area contributed by atoms with Gasteiger partial charge in [-0.3, -0.25) is 4.98 Å². The fourth-order valence-electron chi connectivity index (χ4n) is 2.26. The van der Waals surface area contributed by atoms with Crippen LogP contribution in [0.15, 0.2) is 60.8 Å². The summed E-state index contributed by atoms with van der Waals surface area (Å²) in [6.07, 6.45) is 1.78. The first-order valence-electron chi connectivity index (χ1n) is 6.35. The molecule has 0 radical (unpaired) electrons. The van der Waals surface area contributed by atoms with E-state index < -0.39 is 0 Å². The van der Waals surface area contributed by atoms with Gasteiger partial charge in [0.2, 0.25) is 0 Å². The van der Waals surface area contributed by atoms with Crippen molar-refractivity contribution in [3.05, 3.63) is 60.8 Å². The number of aromatic nitrogens is 4. The lowest BCUT2D eigenvalue weighted by atomic mass is 10.1. The smallest absolute Gasteiger partial charge is 0.182 e. The largest absolute Gasteiger partial charge is 0.256 e. The maximum atomic E-state index is 4.66. The van der Waals surface area contributed by atoms with Crippen LogP contribution < -0.4 is 0 Å². The molecule has 2 aromatic carbocycles. The number of rotatable bonds is 1. The van der Waals surface area contributed by atoms with Crippen LogP contribution >= 0.6 is 0 Å². The zero-order chi connectivity index (χ0) is 13.4. The second-order valence-electron chi connectivity index (χ2n) is 4.50. The van der Waals surface area contributed by atoms with Crippen LogP contribution in [-0.4, -0.2) is 20.2 Å². The topological polar surface area (TPSA) is 51.6 Å². The van der Waals surface area contributed by atoms with E-state index in [9.17, 15) is 0 Å². The molecule has 0 spiro atoms. The van der Waals surface area contributed by atoms with E-state index in [1.54, 1.807) is 6.20 Å². The molecule has 4 aromatic rings. The highest BCUT2D eigenvalue weighted by molar-refractivity contribution is 6.02. The summed E-state index contributed by atoms with van der Waals surface area (Å²) >= 11 is 0. The van der Waals surface area contributed by atoms with Crippen LogP contribution in [0.25, 0.3) is 33.3 Å². The Morgan fingerprint density at radius 3 is 2.45 bits per heavy atom. The summed E-state index contributed by atoms with van der Waals surface area (Å²) < 4.78 is 0. The Labute approximate surface area is 115 Å². The second-order valence-corrected chi connectivity index (χ2v) is 4.50. The Kier molecular flexibility index (Phi) is 2.39. The molecule has 4 heteroatoms. The molecular weight excluding hydrogens is 248 g/mol. The average Bonchev–Trinajstić information content (AvgIpc) is 2.55. The minimum Gasteiger partial charge on any atom is -0.256 e. The van der Waals surface area contributed by atoms with Gasteiger partial charge in [0.05, 0.1) is 5.52 Å². The highest BCUT2D eigenvalue weighted by atomic mass is 15.1. The fourth-order valence-corrected chi connectivity index (χ4v) is 2.26. The summed E-state index contributed by atoms with van der Waals surface area (Å²) in [5.41, 5.74) is 3.50. The predicted octanol–water partition coefficient (Wildman–Crippen LogP) is 3.24. The van der Waals surface area contributed by atoms with Gasteiger partial charge in [0, 0.05) is 17.1 Å². The van der Waals surface area contributed by atoms with Crippen LogP contribution in [0, 0.1) is 0 Å². The lowest BCUT2D eigenvalue weighted by Crippen LogP contribution is -1.95. The molecule has 20 heavy (non-hydrogen) atoms. The second kappa shape index (κ2) is 4.35. The van der Waals surface area contributed by atoms with Gasteiger partial charge >= 0.3 is 0 Å². The van der Waals surface area contributed by atoms with E-state index >= 15 is 0 Å². The summed E-state index contributed by atoms with van der Waals surface area (Å²) in [5.74, 6) is 0.634. The molecule has 0 saturated carbocycles. The van der Waals surface area contributed by atoms with Crippen molar-refractivity contribution in [3.8, 4) is 11.4 Å². The van der Waals surface area contributed by atoms with E-state index in [2.05, 4.69) is 20.2 Å². The van der Waals surface area contributed by atoms with Crippen molar-refractivity contribution in [1.29, 1.82) is 0 Å². The zero-order valence-corrected chi connectivity index (χ0v) is 10.6. The fraction of sp³-hybridized carbons (Fsp3) is 0. The van der Waals surface area contributed by atoms with Crippen LogP contribution in [0.4, 0.5) is 0 Å². The van der Waals surface area contributed by atoms with Crippen LogP contribution in [-0.2, 0) is 0 Å². The molecule has 0 atom stereocenters. The Bertz CT molecular complexity index is 904. The molecule has 2 heterocycles. The lowest BCUT2D eigenvalue weighted by Gasteiger charge is -2.03. The molecular formula is C16H10N4. The van der Waals surface area contributed by atoms with Gasteiger partial charge in [-0.15, -0.1) is 10.2 Å². The van der Waals surface area contributed by atoms with Crippen molar-refractivity contribution in [1.82, 2.24) is 20.2 Å². The van der Waals surface area contributed by atoms with Gasteiger partial charge in [0.25, 0.3) is 0 Å². The summed E-state index contributed by atoms with van der Waals surface area (Å²) in [6, 6.07) is 17.6. The van der Waals surface area contributed by atoms with E-state index in [4.69, 9.17) is 0 Å². The Balaban J connectivity index is 2.05. The maximum Gasteiger partial charge on any atom is 0.182 e. The molecule has 2 aromatic heterocycles. The Morgan fingerprint density at radius 2 is 1.55 bits per heavy atom. The first kappa shape index (κ1) is 11.0. The number of nitrogens with zero attached hydrogens (tertiary/aromatic N) is 4. The lowest BCUT2D eigenvalue weighted by molar-refractivity contribution is 1.03. The Morgan fingerprint density at radius 1 is 0.700 bits per heavy atom. The molecule has 0 unspecified atom stereocenters. The number of benzene rings is 2. The molecule has 4 rings (SSSR count). The molecule has 94 valence electrons.